The molecule has 1 unspecified atom stereocenters. The molecule has 1 aromatic rings. The molecular weight excluding hydrogens is 504 g/mol. The first-order valence-corrected chi connectivity index (χ1v) is 12.8. The van der Waals surface area contributed by atoms with Crippen LogP contribution in [0.1, 0.15) is 45.1 Å². The van der Waals surface area contributed by atoms with E-state index in [0.717, 1.165) is 5.57 Å². The quantitative estimate of drug-likeness (QED) is 0.145. The second-order valence-electron chi connectivity index (χ2n) is 9.55. The van der Waals surface area contributed by atoms with Crippen molar-refractivity contribution in [1.82, 2.24) is 5.32 Å². The average Bonchev–Trinajstić information content (AvgIpc) is 3.27. The van der Waals surface area contributed by atoms with E-state index >= 15 is 0 Å². The van der Waals surface area contributed by atoms with Crippen LogP contribution in [0.2, 0.25) is 0 Å². The van der Waals surface area contributed by atoms with Crippen LogP contribution in [0.3, 0.4) is 0 Å². The SMILES string of the molecule is C=C/C=C(\C=C)CO/N=C(\C)[C@@H]1CC(=O)[C@H](Oc2ccc(/C=C(\C)C(=O)NC3[C@H](O)CCC[C@@H]3O)cc2O)O1. The number of hydrogen-bond donors (Lipinski definition) is 4. The average molecular weight is 541 g/mol. The minimum atomic E-state index is -1.22. The van der Waals surface area contributed by atoms with Gasteiger partial charge in [0.2, 0.25) is 11.7 Å². The Labute approximate surface area is 228 Å². The Kier molecular flexibility index (Phi) is 10.6. The molecule has 0 bridgehead atoms. The summed E-state index contributed by atoms with van der Waals surface area (Å²) in [5, 5.41) is 37.4. The van der Waals surface area contributed by atoms with Gasteiger partial charge in [0.15, 0.2) is 11.5 Å². The number of ketones is 1. The van der Waals surface area contributed by atoms with Crippen LogP contribution in [0.5, 0.6) is 11.5 Å². The van der Waals surface area contributed by atoms with Crippen LogP contribution in [0.15, 0.2) is 65.9 Å². The molecule has 3 rings (SSSR count). The fourth-order valence-electron chi connectivity index (χ4n) is 4.25. The molecule has 0 aromatic heterocycles. The number of aliphatic hydroxyl groups excluding tert-OH is 2. The third kappa shape index (κ3) is 8.13. The highest BCUT2D eigenvalue weighted by Gasteiger charge is 2.37. The number of aromatic hydroxyl groups is 1. The summed E-state index contributed by atoms with van der Waals surface area (Å²) >= 11 is 0. The molecule has 10 nitrogen and oxygen atoms in total. The van der Waals surface area contributed by atoms with Gasteiger partial charge in [-0.3, -0.25) is 9.59 Å². The van der Waals surface area contributed by atoms with Crippen LogP contribution in [-0.2, 0) is 19.2 Å². The number of amides is 1. The van der Waals surface area contributed by atoms with Crippen molar-refractivity contribution < 1.29 is 39.2 Å². The number of rotatable bonds is 11. The van der Waals surface area contributed by atoms with Gasteiger partial charge in [0.1, 0.15) is 12.7 Å². The van der Waals surface area contributed by atoms with Gasteiger partial charge >= 0.3 is 0 Å². The maximum absolute atomic E-state index is 12.6. The van der Waals surface area contributed by atoms with Crippen molar-refractivity contribution in [3.63, 3.8) is 0 Å². The number of oxime groups is 1. The molecule has 1 heterocycles. The number of carbonyl (C=O) groups excluding carboxylic acids is 2. The van der Waals surface area contributed by atoms with Gasteiger partial charge in [0.05, 0.1) is 24.0 Å². The Morgan fingerprint density at radius 2 is 1.95 bits per heavy atom. The topological polar surface area (TPSA) is 147 Å². The maximum atomic E-state index is 12.6. The minimum Gasteiger partial charge on any atom is -0.504 e. The van der Waals surface area contributed by atoms with Crippen LogP contribution in [0.25, 0.3) is 6.08 Å². The normalized spacial score (nSPS) is 26.2. The van der Waals surface area contributed by atoms with Gasteiger partial charge in [-0.1, -0.05) is 42.6 Å². The predicted molar refractivity (Wildman–Crippen MR) is 146 cm³/mol. The fourth-order valence-corrected chi connectivity index (χ4v) is 4.25. The Bertz CT molecular complexity index is 1160. The number of ether oxygens (including phenoxy) is 2. The number of aliphatic hydroxyl groups is 2. The summed E-state index contributed by atoms with van der Waals surface area (Å²) in [5.41, 5.74) is 2.08. The molecule has 10 heteroatoms. The summed E-state index contributed by atoms with van der Waals surface area (Å²) in [5.74, 6) is -0.947. The summed E-state index contributed by atoms with van der Waals surface area (Å²) < 4.78 is 11.3. The van der Waals surface area contributed by atoms with Gasteiger partial charge < -0.3 is 34.9 Å². The minimum absolute atomic E-state index is 0.0396. The Morgan fingerprint density at radius 3 is 2.59 bits per heavy atom. The number of nitrogens with one attached hydrogen (secondary N) is 1. The van der Waals surface area contributed by atoms with Crippen LogP contribution < -0.4 is 10.1 Å². The van der Waals surface area contributed by atoms with E-state index in [1.807, 2.05) is 0 Å². The van der Waals surface area contributed by atoms with Crippen molar-refractivity contribution in [3.8, 4) is 11.5 Å². The largest absolute Gasteiger partial charge is 0.504 e. The highest BCUT2D eigenvalue weighted by Crippen LogP contribution is 2.31. The van der Waals surface area contributed by atoms with Gasteiger partial charge in [-0.25, -0.2) is 0 Å². The van der Waals surface area contributed by atoms with E-state index in [2.05, 4.69) is 23.6 Å². The van der Waals surface area contributed by atoms with E-state index in [0.29, 0.717) is 36.1 Å². The van der Waals surface area contributed by atoms with Crippen LogP contribution in [0, 0.1) is 0 Å². The summed E-state index contributed by atoms with van der Waals surface area (Å²) in [6.45, 7) is 10.8. The standard InChI is InChI=1S/C29H36N2O8/c1-5-8-19(6-2)16-37-31-18(4)26-15-24(35)29(39-26)38-25-12-11-20(14-23(25)34)13-17(3)28(36)30-27-21(32)9-7-10-22(27)33/h5-6,8,11-14,21-22,26-27,29,32-34H,1-2,7,9-10,15-16H2,3-4H3,(H,30,36)/b17-13+,19-8+,31-18+/t21-,22+,26-,27?,29+/m0/s1. The number of nitrogens with zero attached hydrogens (tertiary/aromatic N) is 1. The monoisotopic (exact) mass is 540 g/mol. The lowest BCUT2D eigenvalue weighted by Crippen LogP contribution is -2.53. The van der Waals surface area contributed by atoms with Gasteiger partial charge in [-0.15, -0.1) is 0 Å². The summed E-state index contributed by atoms with van der Waals surface area (Å²) in [6.07, 6.45) is 4.83. The zero-order valence-electron chi connectivity index (χ0n) is 22.2. The predicted octanol–water partition coefficient (Wildman–Crippen LogP) is 2.94. The highest BCUT2D eigenvalue weighted by atomic mass is 16.7. The molecule has 39 heavy (non-hydrogen) atoms. The second-order valence-corrected chi connectivity index (χ2v) is 9.55. The van der Waals surface area contributed by atoms with E-state index in [1.54, 1.807) is 44.2 Å². The third-order valence-corrected chi connectivity index (χ3v) is 6.52. The van der Waals surface area contributed by atoms with E-state index in [1.165, 1.54) is 12.1 Å². The van der Waals surface area contributed by atoms with Crippen molar-refractivity contribution in [2.45, 2.75) is 70.2 Å². The van der Waals surface area contributed by atoms with Crippen LogP contribution >= 0.6 is 0 Å². The van der Waals surface area contributed by atoms with Gasteiger partial charge in [0, 0.05) is 12.0 Å². The molecule has 0 spiro atoms. The van der Waals surface area contributed by atoms with Crippen molar-refractivity contribution >= 4 is 23.5 Å². The lowest BCUT2D eigenvalue weighted by Gasteiger charge is -2.32. The van der Waals surface area contributed by atoms with Gasteiger partial charge in [0.25, 0.3) is 6.29 Å². The molecule has 210 valence electrons. The molecule has 1 aromatic carbocycles. The van der Waals surface area contributed by atoms with Crippen LogP contribution in [-0.4, -0.2) is 70.0 Å². The molecule has 1 saturated carbocycles. The third-order valence-electron chi connectivity index (χ3n) is 6.52. The zero-order chi connectivity index (χ0) is 28.5. The first-order valence-electron chi connectivity index (χ1n) is 12.8. The molecule has 1 amide bonds. The molecule has 5 atom stereocenters. The highest BCUT2D eigenvalue weighted by molar-refractivity contribution is 5.97. The lowest BCUT2D eigenvalue weighted by molar-refractivity contribution is -0.136. The number of allylic oxidation sites excluding steroid dienone is 2. The molecule has 4 N–H and O–H groups in total. The smallest absolute Gasteiger partial charge is 0.260 e. The van der Waals surface area contributed by atoms with Crippen molar-refractivity contribution in [2.24, 2.45) is 5.16 Å². The number of phenolic OH excluding ortho intramolecular Hbond substituents is 1. The van der Waals surface area contributed by atoms with Crippen molar-refractivity contribution in [2.75, 3.05) is 6.61 Å². The number of Topliss-reactive ketones (excluding diaryl/α,β-unsaturated/α-hetero) is 1. The molecule has 0 radical (unpaired) electrons. The molecule has 1 saturated heterocycles. The Hall–Kier alpha value is -3.73. The van der Waals surface area contributed by atoms with Gasteiger partial charge in [-0.05, 0) is 62.5 Å². The van der Waals surface area contributed by atoms with Crippen molar-refractivity contribution in [3.05, 3.63) is 66.3 Å². The van der Waals surface area contributed by atoms with E-state index < -0.39 is 36.6 Å². The summed E-state index contributed by atoms with van der Waals surface area (Å²) in [4.78, 5) is 30.4. The molecule has 2 aliphatic rings. The van der Waals surface area contributed by atoms with E-state index in [-0.39, 0.29) is 30.3 Å². The first-order chi connectivity index (χ1) is 18.6. The fraction of sp³-hybridized carbons (Fsp3) is 0.414. The van der Waals surface area contributed by atoms with Gasteiger partial charge in [-0.2, -0.15) is 0 Å². The number of benzene rings is 1. The molecular formula is C29H36N2O8. The summed E-state index contributed by atoms with van der Waals surface area (Å²) in [6, 6.07) is 3.74. The first kappa shape index (κ1) is 29.8. The number of carbonyl (C=O) groups is 2. The zero-order valence-corrected chi connectivity index (χ0v) is 22.2. The maximum Gasteiger partial charge on any atom is 0.260 e. The Balaban J connectivity index is 1.58. The molecule has 1 aliphatic heterocycles. The second kappa shape index (κ2) is 13.9. The number of phenols is 1. The number of hydrogen-bond acceptors (Lipinski definition) is 9. The Morgan fingerprint density at radius 1 is 1.23 bits per heavy atom. The molecule has 2 fully saturated rings. The van der Waals surface area contributed by atoms with E-state index in [9.17, 15) is 24.9 Å². The summed E-state index contributed by atoms with van der Waals surface area (Å²) in [7, 11) is 0. The van der Waals surface area contributed by atoms with Crippen LogP contribution in [0.4, 0.5) is 0 Å². The van der Waals surface area contributed by atoms with Crippen molar-refractivity contribution in [1.29, 1.82) is 0 Å². The lowest BCUT2D eigenvalue weighted by atomic mass is 9.89. The molecule has 1 aliphatic carbocycles. The van der Waals surface area contributed by atoms with E-state index in [4.69, 9.17) is 14.3 Å².